The number of anilines is 2. The fourth-order valence-electron chi connectivity index (χ4n) is 3.58. The van der Waals surface area contributed by atoms with E-state index in [4.69, 9.17) is 0 Å². The van der Waals surface area contributed by atoms with E-state index in [2.05, 4.69) is 19.8 Å². The van der Waals surface area contributed by atoms with Crippen molar-refractivity contribution in [3.8, 4) is 0 Å². The predicted molar refractivity (Wildman–Crippen MR) is 109 cm³/mol. The zero-order chi connectivity index (χ0) is 19.0. The average Bonchev–Trinajstić information content (AvgIpc) is 2.67. The van der Waals surface area contributed by atoms with Gasteiger partial charge in [-0.25, -0.2) is 8.42 Å². The van der Waals surface area contributed by atoms with Crippen molar-refractivity contribution in [2.45, 2.75) is 17.1 Å². The molecule has 0 saturated carbocycles. The van der Waals surface area contributed by atoms with Crippen LogP contribution in [0.1, 0.15) is 11.3 Å². The van der Waals surface area contributed by atoms with Gasteiger partial charge < -0.3 is 14.8 Å². The van der Waals surface area contributed by atoms with E-state index in [0.29, 0.717) is 37.0 Å². The zero-order valence-electron chi connectivity index (χ0n) is 15.1. The lowest BCUT2D eigenvalue weighted by Gasteiger charge is -2.37. The summed E-state index contributed by atoms with van der Waals surface area (Å²) in [5.74, 6) is 2.37. The Hall–Kier alpha value is -2.00. The van der Waals surface area contributed by atoms with Crippen LogP contribution in [-0.4, -0.2) is 56.6 Å². The third-order valence-electron chi connectivity index (χ3n) is 5.02. The summed E-state index contributed by atoms with van der Waals surface area (Å²) in [6.07, 6.45) is 2.11. The van der Waals surface area contributed by atoms with E-state index in [1.807, 2.05) is 12.1 Å². The summed E-state index contributed by atoms with van der Waals surface area (Å²) in [5, 5.41) is 0. The van der Waals surface area contributed by atoms with E-state index in [9.17, 15) is 13.2 Å². The fraction of sp³-hybridized carbons (Fsp3) is 0.444. The molecular weight excluding hydrogens is 384 g/mol. The number of thioether (sulfide) groups is 1. The number of para-hydroxylation sites is 1. The summed E-state index contributed by atoms with van der Waals surface area (Å²) >= 11 is 1.77. The molecule has 2 aromatic rings. The van der Waals surface area contributed by atoms with E-state index in [1.54, 1.807) is 23.9 Å². The minimum Gasteiger partial charge on any atom is -0.367 e. The van der Waals surface area contributed by atoms with Crippen LogP contribution in [-0.2, 0) is 22.0 Å². The maximum Gasteiger partial charge on any atom is 0.278 e. The van der Waals surface area contributed by atoms with E-state index in [-0.39, 0.29) is 5.56 Å². The number of nitrogens with one attached hydrogen (secondary N) is 1. The Bertz CT molecular complexity index is 1010. The number of benzene rings is 1. The Morgan fingerprint density at radius 2 is 1.81 bits per heavy atom. The van der Waals surface area contributed by atoms with Gasteiger partial charge in [-0.1, -0.05) is 12.1 Å². The Kier molecular flexibility index (Phi) is 4.90. The fourth-order valence-corrected chi connectivity index (χ4v) is 5.48. The Morgan fingerprint density at radius 1 is 1.11 bits per heavy atom. The number of aromatic nitrogens is 2. The molecular formula is C18H22N4O3S2. The van der Waals surface area contributed by atoms with Gasteiger partial charge >= 0.3 is 0 Å². The second-order valence-corrected chi connectivity index (χ2v) is 9.93. The van der Waals surface area contributed by atoms with Gasteiger partial charge in [-0.2, -0.15) is 16.7 Å². The normalized spacial score (nSPS) is 17.7. The van der Waals surface area contributed by atoms with Crippen molar-refractivity contribution >= 4 is 33.2 Å². The third kappa shape index (κ3) is 3.70. The first-order valence-electron chi connectivity index (χ1n) is 8.92. The first-order valence-corrected chi connectivity index (χ1v) is 12.0. The summed E-state index contributed by atoms with van der Waals surface area (Å²) in [4.78, 5) is 24.4. The van der Waals surface area contributed by atoms with Crippen LogP contribution in [0.25, 0.3) is 0 Å². The number of H-pyrrole nitrogens is 1. The highest BCUT2D eigenvalue weighted by Gasteiger charge is 2.24. The largest absolute Gasteiger partial charge is 0.367 e. The van der Waals surface area contributed by atoms with E-state index in [1.165, 1.54) is 6.26 Å². The number of hydrogen-bond acceptors (Lipinski definition) is 7. The van der Waals surface area contributed by atoms with Crippen molar-refractivity contribution in [2.24, 2.45) is 0 Å². The van der Waals surface area contributed by atoms with Crippen LogP contribution in [0.3, 0.4) is 0 Å². The molecule has 1 saturated heterocycles. The lowest BCUT2D eigenvalue weighted by Crippen LogP contribution is -2.48. The highest BCUT2D eigenvalue weighted by molar-refractivity contribution is 7.98. The number of sulfone groups is 1. The molecule has 7 nitrogen and oxygen atoms in total. The van der Waals surface area contributed by atoms with Gasteiger partial charge in [0.1, 0.15) is 0 Å². The molecule has 0 unspecified atom stereocenters. The standard InChI is InChI=1S/C18H22N4O3S2/c1-27(24,25)16-5-3-2-4-15(16)21-7-9-22(10-8-21)18-19-14-6-11-26-12-13(14)17(23)20-18/h2-5H,6-12H2,1H3,(H,19,20,23). The Labute approximate surface area is 162 Å². The second kappa shape index (κ2) is 7.20. The van der Waals surface area contributed by atoms with Crippen molar-refractivity contribution in [3.63, 3.8) is 0 Å². The van der Waals surface area contributed by atoms with Gasteiger partial charge in [0.15, 0.2) is 9.84 Å². The van der Waals surface area contributed by atoms with Crippen molar-refractivity contribution in [3.05, 3.63) is 45.9 Å². The minimum absolute atomic E-state index is 0.129. The Morgan fingerprint density at radius 3 is 2.56 bits per heavy atom. The van der Waals surface area contributed by atoms with Crippen molar-refractivity contribution in [2.75, 3.05) is 48.0 Å². The number of hydrogen-bond donors (Lipinski definition) is 1. The molecule has 144 valence electrons. The lowest BCUT2D eigenvalue weighted by atomic mass is 10.2. The molecule has 4 rings (SSSR count). The van der Waals surface area contributed by atoms with Gasteiger partial charge in [0.05, 0.1) is 10.6 Å². The summed E-state index contributed by atoms with van der Waals surface area (Å²) in [6.45, 7) is 2.69. The van der Waals surface area contributed by atoms with Gasteiger partial charge in [-0.3, -0.25) is 4.79 Å². The van der Waals surface area contributed by atoms with Gasteiger partial charge in [0, 0.05) is 49.4 Å². The number of aryl methyl sites for hydroxylation is 1. The molecule has 9 heteroatoms. The second-order valence-electron chi connectivity index (χ2n) is 6.84. The zero-order valence-corrected chi connectivity index (χ0v) is 16.8. The third-order valence-corrected chi connectivity index (χ3v) is 7.15. The van der Waals surface area contributed by atoms with Crippen molar-refractivity contribution in [1.82, 2.24) is 9.97 Å². The smallest absolute Gasteiger partial charge is 0.278 e. The number of fused-ring (bicyclic) bond motifs is 1. The van der Waals surface area contributed by atoms with Crippen LogP contribution in [0.15, 0.2) is 34.0 Å². The summed E-state index contributed by atoms with van der Waals surface area (Å²) in [6, 6.07) is 7.10. The Balaban J connectivity index is 1.54. The molecule has 1 aromatic carbocycles. The number of aromatic amines is 1. The summed E-state index contributed by atoms with van der Waals surface area (Å²) < 4.78 is 24.1. The van der Waals surface area contributed by atoms with E-state index in [0.717, 1.165) is 34.9 Å². The van der Waals surface area contributed by atoms with E-state index >= 15 is 0 Å². The number of piperazine rings is 1. The highest BCUT2D eigenvalue weighted by atomic mass is 32.2. The molecule has 0 bridgehead atoms. The molecule has 1 fully saturated rings. The van der Waals surface area contributed by atoms with Crippen LogP contribution >= 0.6 is 11.8 Å². The van der Waals surface area contributed by atoms with Crippen LogP contribution in [0.5, 0.6) is 0 Å². The van der Waals surface area contributed by atoms with Gasteiger partial charge in [0.25, 0.3) is 5.56 Å². The van der Waals surface area contributed by atoms with Crippen LogP contribution in [0, 0.1) is 0 Å². The molecule has 0 radical (unpaired) electrons. The predicted octanol–water partition coefficient (Wildman–Crippen LogP) is 1.29. The molecule has 2 aliphatic heterocycles. The van der Waals surface area contributed by atoms with Crippen molar-refractivity contribution < 1.29 is 8.42 Å². The van der Waals surface area contributed by atoms with Crippen LogP contribution < -0.4 is 15.4 Å². The highest BCUT2D eigenvalue weighted by Crippen LogP contribution is 2.27. The molecule has 1 aromatic heterocycles. The molecule has 1 N–H and O–H groups in total. The molecule has 27 heavy (non-hydrogen) atoms. The van der Waals surface area contributed by atoms with Crippen LogP contribution in [0.4, 0.5) is 11.6 Å². The first kappa shape index (κ1) is 18.4. The molecule has 0 amide bonds. The molecule has 0 atom stereocenters. The quantitative estimate of drug-likeness (QED) is 0.822. The molecule has 3 heterocycles. The minimum atomic E-state index is -3.28. The summed E-state index contributed by atoms with van der Waals surface area (Å²) in [7, 11) is -3.28. The van der Waals surface area contributed by atoms with Gasteiger partial charge in [-0.05, 0) is 24.3 Å². The number of nitrogens with zero attached hydrogens (tertiary/aromatic N) is 3. The average molecular weight is 407 g/mol. The van der Waals surface area contributed by atoms with Crippen molar-refractivity contribution in [1.29, 1.82) is 0 Å². The van der Waals surface area contributed by atoms with Gasteiger partial charge in [-0.15, -0.1) is 0 Å². The maximum absolute atomic E-state index is 12.3. The monoisotopic (exact) mass is 406 g/mol. The maximum atomic E-state index is 12.3. The van der Waals surface area contributed by atoms with Crippen LogP contribution in [0.2, 0.25) is 0 Å². The first-order chi connectivity index (χ1) is 12.9. The van der Waals surface area contributed by atoms with E-state index < -0.39 is 9.84 Å². The topological polar surface area (TPSA) is 86.4 Å². The summed E-state index contributed by atoms with van der Waals surface area (Å²) in [5.41, 5.74) is 2.42. The lowest BCUT2D eigenvalue weighted by molar-refractivity contribution is 0.598. The molecule has 0 aliphatic carbocycles. The molecule has 2 aliphatic rings. The van der Waals surface area contributed by atoms with Gasteiger partial charge in [0.2, 0.25) is 5.95 Å². The number of rotatable bonds is 3. The molecule has 0 spiro atoms. The SMILES string of the molecule is CS(=O)(=O)c1ccccc1N1CCN(c2nc(=O)c3c([nH]2)CCSC3)CC1.